The summed E-state index contributed by atoms with van der Waals surface area (Å²) < 4.78 is 10.0. The summed E-state index contributed by atoms with van der Waals surface area (Å²) in [7, 11) is 0. The van der Waals surface area contributed by atoms with Crippen LogP contribution < -0.4 is 5.32 Å². The highest BCUT2D eigenvalue weighted by atomic mass is 16.5. The van der Waals surface area contributed by atoms with Gasteiger partial charge in [0.05, 0.1) is 6.61 Å². The highest BCUT2D eigenvalue weighted by molar-refractivity contribution is 6.32. The van der Waals surface area contributed by atoms with Crippen LogP contribution in [0.4, 0.5) is 0 Å². The Kier molecular flexibility index (Phi) is 5.24. The fourth-order valence-electron chi connectivity index (χ4n) is 1.92. The number of carbonyl (C=O) groups excluding carboxylic acids is 2. The molecule has 2 aromatic rings. The van der Waals surface area contributed by atoms with Crippen LogP contribution in [0.25, 0.3) is 0 Å². The van der Waals surface area contributed by atoms with Crippen molar-refractivity contribution in [3.05, 3.63) is 47.7 Å². The third-order valence-corrected chi connectivity index (χ3v) is 2.89. The lowest BCUT2D eigenvalue weighted by molar-refractivity contribution is -0.155. The molecule has 0 saturated heterocycles. The number of esters is 1. The van der Waals surface area contributed by atoms with Gasteiger partial charge < -0.3 is 14.5 Å². The second-order valence-electron chi connectivity index (χ2n) is 4.60. The van der Waals surface area contributed by atoms with Gasteiger partial charge in [0.25, 0.3) is 0 Å². The highest BCUT2D eigenvalue weighted by Crippen LogP contribution is 2.17. The topological polar surface area (TPSA) is 94.3 Å². The largest absolute Gasteiger partial charge is 0.459 e. The van der Waals surface area contributed by atoms with Crippen molar-refractivity contribution in [2.75, 3.05) is 6.61 Å². The van der Waals surface area contributed by atoms with E-state index >= 15 is 0 Å². The first kappa shape index (κ1) is 15.7. The van der Waals surface area contributed by atoms with Gasteiger partial charge in [0.1, 0.15) is 6.04 Å². The Morgan fingerprint density at radius 2 is 2.00 bits per heavy atom. The standard InChI is InChI=1S/C15H17N3O4/c1-3-21-15(20)13(19)16-12(14-18-17-10(2)22-14)9-11-7-5-4-6-8-11/h4-8,12H,3,9H2,1-2H3,(H,16,19). The van der Waals surface area contributed by atoms with E-state index in [1.807, 2.05) is 30.3 Å². The minimum atomic E-state index is -0.934. The third-order valence-electron chi connectivity index (χ3n) is 2.89. The molecule has 0 fully saturated rings. The number of nitrogens with zero attached hydrogens (tertiary/aromatic N) is 2. The van der Waals surface area contributed by atoms with Crippen molar-refractivity contribution >= 4 is 11.9 Å². The number of nitrogens with one attached hydrogen (secondary N) is 1. The molecule has 7 heteroatoms. The molecule has 1 aromatic carbocycles. The molecule has 0 radical (unpaired) electrons. The molecule has 0 aliphatic carbocycles. The average Bonchev–Trinajstić information content (AvgIpc) is 2.94. The van der Waals surface area contributed by atoms with Gasteiger partial charge in [0.2, 0.25) is 11.8 Å². The van der Waals surface area contributed by atoms with Gasteiger partial charge in [-0.3, -0.25) is 4.79 Å². The van der Waals surface area contributed by atoms with Gasteiger partial charge in [-0.1, -0.05) is 30.3 Å². The summed E-state index contributed by atoms with van der Waals surface area (Å²) in [5, 5.41) is 10.2. The zero-order valence-corrected chi connectivity index (χ0v) is 12.4. The van der Waals surface area contributed by atoms with Crippen LogP contribution in [0.2, 0.25) is 0 Å². The molecule has 0 spiro atoms. The van der Waals surface area contributed by atoms with Crippen molar-refractivity contribution in [3.63, 3.8) is 0 Å². The lowest BCUT2D eigenvalue weighted by Crippen LogP contribution is -2.36. The van der Waals surface area contributed by atoms with E-state index in [9.17, 15) is 9.59 Å². The Balaban J connectivity index is 2.15. The molecule has 1 atom stereocenters. The van der Waals surface area contributed by atoms with Gasteiger partial charge in [0.15, 0.2) is 0 Å². The highest BCUT2D eigenvalue weighted by Gasteiger charge is 2.25. The number of amides is 1. The Morgan fingerprint density at radius 1 is 1.27 bits per heavy atom. The summed E-state index contributed by atoms with van der Waals surface area (Å²) in [6.07, 6.45) is 0.424. The summed E-state index contributed by atoms with van der Waals surface area (Å²) in [4.78, 5) is 23.3. The lowest BCUT2D eigenvalue weighted by atomic mass is 10.1. The Bertz CT molecular complexity index is 639. The molecule has 1 heterocycles. The maximum absolute atomic E-state index is 11.8. The van der Waals surface area contributed by atoms with Crippen LogP contribution in [-0.4, -0.2) is 28.7 Å². The van der Waals surface area contributed by atoms with E-state index in [0.29, 0.717) is 12.3 Å². The Labute approximate surface area is 127 Å². The molecule has 0 aliphatic rings. The summed E-state index contributed by atoms with van der Waals surface area (Å²) in [5.74, 6) is -1.13. The number of hydrogen-bond donors (Lipinski definition) is 1. The SMILES string of the molecule is CCOC(=O)C(=O)NC(Cc1ccccc1)c1nnc(C)o1. The molecular formula is C15H17N3O4. The average molecular weight is 303 g/mol. The molecule has 116 valence electrons. The fraction of sp³-hybridized carbons (Fsp3) is 0.333. The molecule has 1 amide bonds. The van der Waals surface area contributed by atoms with Gasteiger partial charge in [-0.05, 0) is 12.5 Å². The van der Waals surface area contributed by atoms with Crippen LogP contribution in [0.1, 0.15) is 30.3 Å². The van der Waals surface area contributed by atoms with E-state index in [1.54, 1.807) is 13.8 Å². The first-order valence-electron chi connectivity index (χ1n) is 6.91. The molecule has 1 unspecified atom stereocenters. The zero-order chi connectivity index (χ0) is 15.9. The first-order chi connectivity index (χ1) is 10.6. The van der Waals surface area contributed by atoms with Crippen LogP contribution in [-0.2, 0) is 20.7 Å². The Morgan fingerprint density at radius 3 is 2.59 bits per heavy atom. The van der Waals surface area contributed by atoms with Crippen LogP contribution in [0.3, 0.4) is 0 Å². The third kappa shape index (κ3) is 4.15. The Hall–Kier alpha value is -2.70. The number of hydrogen-bond acceptors (Lipinski definition) is 6. The molecule has 1 aromatic heterocycles. The van der Waals surface area contributed by atoms with Crippen LogP contribution in [0.15, 0.2) is 34.7 Å². The molecule has 2 rings (SSSR count). The smallest absolute Gasteiger partial charge is 0.396 e. The zero-order valence-electron chi connectivity index (χ0n) is 12.4. The number of aromatic nitrogens is 2. The summed E-state index contributed by atoms with van der Waals surface area (Å²) in [6, 6.07) is 8.89. The minimum absolute atomic E-state index is 0.134. The van der Waals surface area contributed by atoms with E-state index < -0.39 is 17.9 Å². The summed E-state index contributed by atoms with van der Waals surface area (Å²) in [5.41, 5.74) is 0.965. The van der Waals surface area contributed by atoms with Crippen molar-refractivity contribution in [2.45, 2.75) is 26.3 Å². The second kappa shape index (κ2) is 7.35. The molecule has 0 aliphatic heterocycles. The maximum atomic E-state index is 11.8. The van der Waals surface area contributed by atoms with Crippen molar-refractivity contribution in [1.82, 2.24) is 15.5 Å². The molecule has 7 nitrogen and oxygen atoms in total. The van der Waals surface area contributed by atoms with E-state index in [1.165, 1.54) is 0 Å². The predicted octanol–water partition coefficient (Wildman–Crippen LogP) is 1.34. The molecule has 22 heavy (non-hydrogen) atoms. The van der Waals surface area contributed by atoms with Crippen molar-refractivity contribution in [1.29, 1.82) is 0 Å². The van der Waals surface area contributed by atoms with Crippen molar-refractivity contribution < 1.29 is 18.7 Å². The molecular weight excluding hydrogens is 286 g/mol. The van der Waals surface area contributed by atoms with Crippen molar-refractivity contribution in [2.24, 2.45) is 0 Å². The minimum Gasteiger partial charge on any atom is -0.459 e. The molecule has 0 bridgehead atoms. The maximum Gasteiger partial charge on any atom is 0.396 e. The normalized spacial score (nSPS) is 11.7. The van der Waals surface area contributed by atoms with E-state index in [0.717, 1.165) is 5.56 Å². The van der Waals surface area contributed by atoms with Gasteiger partial charge in [-0.15, -0.1) is 10.2 Å². The lowest BCUT2D eigenvalue weighted by Gasteiger charge is -2.14. The number of rotatable bonds is 5. The molecule has 0 saturated carbocycles. The van der Waals surface area contributed by atoms with Gasteiger partial charge >= 0.3 is 11.9 Å². The second-order valence-corrected chi connectivity index (χ2v) is 4.60. The van der Waals surface area contributed by atoms with Gasteiger partial charge in [-0.2, -0.15) is 0 Å². The van der Waals surface area contributed by atoms with E-state index in [4.69, 9.17) is 4.42 Å². The van der Waals surface area contributed by atoms with Crippen molar-refractivity contribution in [3.8, 4) is 0 Å². The number of carbonyl (C=O) groups is 2. The molecule has 1 N–H and O–H groups in total. The van der Waals surface area contributed by atoms with Gasteiger partial charge in [-0.25, -0.2) is 4.79 Å². The number of ether oxygens (including phenoxy) is 1. The van der Waals surface area contributed by atoms with Gasteiger partial charge in [0, 0.05) is 13.3 Å². The number of aryl methyl sites for hydroxylation is 1. The monoisotopic (exact) mass is 303 g/mol. The number of benzene rings is 1. The van der Waals surface area contributed by atoms with E-state index in [2.05, 4.69) is 20.3 Å². The first-order valence-corrected chi connectivity index (χ1v) is 6.91. The fourth-order valence-corrected chi connectivity index (χ4v) is 1.92. The van der Waals surface area contributed by atoms with Crippen LogP contribution in [0.5, 0.6) is 0 Å². The van der Waals surface area contributed by atoms with Crippen LogP contribution >= 0.6 is 0 Å². The summed E-state index contributed by atoms with van der Waals surface area (Å²) in [6.45, 7) is 3.42. The van der Waals surface area contributed by atoms with Crippen LogP contribution in [0, 0.1) is 6.92 Å². The van der Waals surface area contributed by atoms with E-state index in [-0.39, 0.29) is 12.5 Å². The predicted molar refractivity (Wildman–Crippen MR) is 76.7 cm³/mol. The summed E-state index contributed by atoms with van der Waals surface area (Å²) >= 11 is 0. The quantitative estimate of drug-likeness (QED) is 0.661.